The molecule has 0 spiro atoms. The zero-order valence-electron chi connectivity index (χ0n) is 10.5. The third-order valence-corrected chi connectivity index (χ3v) is 2.81. The van der Waals surface area contributed by atoms with Crippen molar-refractivity contribution in [3.63, 3.8) is 0 Å². The summed E-state index contributed by atoms with van der Waals surface area (Å²) >= 11 is 0. The van der Waals surface area contributed by atoms with Gasteiger partial charge >= 0.3 is 0 Å². The molecule has 1 unspecified atom stereocenters. The molecule has 0 N–H and O–H groups in total. The van der Waals surface area contributed by atoms with E-state index >= 15 is 0 Å². The largest absolute Gasteiger partial charge is 0.497 e. The van der Waals surface area contributed by atoms with E-state index in [2.05, 4.69) is 19.1 Å². The molecule has 1 rings (SSSR count). The van der Waals surface area contributed by atoms with Crippen LogP contribution in [0.5, 0.6) is 5.75 Å². The minimum absolute atomic E-state index is 0.326. The first-order valence-corrected chi connectivity index (χ1v) is 5.95. The number of unbranched alkanes of at least 4 members (excludes halogenated alkanes) is 1. The molecule has 1 atom stereocenters. The van der Waals surface area contributed by atoms with Crippen molar-refractivity contribution in [2.75, 3.05) is 14.2 Å². The average Bonchev–Trinajstić information content (AvgIpc) is 2.34. The molecule has 0 aliphatic heterocycles. The monoisotopic (exact) mass is 222 g/mol. The molecular weight excluding hydrogens is 200 g/mol. The Labute approximate surface area is 98.6 Å². The van der Waals surface area contributed by atoms with E-state index in [0.717, 1.165) is 18.6 Å². The first-order valence-electron chi connectivity index (χ1n) is 5.95. The number of benzene rings is 1. The van der Waals surface area contributed by atoms with Crippen LogP contribution in [0, 0.1) is 0 Å². The second-order valence-electron chi connectivity index (χ2n) is 4.06. The molecule has 1 aromatic carbocycles. The van der Waals surface area contributed by atoms with Crippen molar-refractivity contribution in [1.82, 2.24) is 0 Å². The Hall–Kier alpha value is -1.02. The van der Waals surface area contributed by atoms with E-state index in [9.17, 15) is 0 Å². The summed E-state index contributed by atoms with van der Waals surface area (Å²) in [6, 6.07) is 8.20. The van der Waals surface area contributed by atoms with Crippen molar-refractivity contribution in [2.45, 2.75) is 38.7 Å². The Morgan fingerprint density at radius 3 is 2.69 bits per heavy atom. The fraction of sp³-hybridized carbons (Fsp3) is 0.571. The van der Waals surface area contributed by atoms with Gasteiger partial charge in [-0.3, -0.25) is 0 Å². The molecule has 1 aromatic rings. The maximum atomic E-state index is 5.49. The van der Waals surface area contributed by atoms with Crippen LogP contribution in [-0.4, -0.2) is 20.3 Å². The van der Waals surface area contributed by atoms with Gasteiger partial charge < -0.3 is 9.47 Å². The molecule has 0 aromatic heterocycles. The van der Waals surface area contributed by atoms with Crippen LogP contribution in [0.3, 0.4) is 0 Å². The molecule has 0 amide bonds. The molecule has 90 valence electrons. The van der Waals surface area contributed by atoms with E-state index < -0.39 is 0 Å². The Bertz CT molecular complexity index is 297. The Kier molecular flexibility index (Phi) is 5.94. The topological polar surface area (TPSA) is 18.5 Å². The van der Waals surface area contributed by atoms with Crippen LogP contribution in [0.25, 0.3) is 0 Å². The summed E-state index contributed by atoms with van der Waals surface area (Å²) < 4.78 is 10.7. The minimum atomic E-state index is 0.326. The van der Waals surface area contributed by atoms with E-state index in [0.29, 0.717) is 6.10 Å². The zero-order chi connectivity index (χ0) is 11.8. The van der Waals surface area contributed by atoms with Crippen molar-refractivity contribution in [2.24, 2.45) is 0 Å². The Balaban J connectivity index is 2.55. The highest BCUT2D eigenvalue weighted by atomic mass is 16.5. The Morgan fingerprint density at radius 2 is 2.06 bits per heavy atom. The van der Waals surface area contributed by atoms with Crippen molar-refractivity contribution < 1.29 is 9.47 Å². The number of hydrogen-bond donors (Lipinski definition) is 0. The summed E-state index contributed by atoms with van der Waals surface area (Å²) in [6.07, 6.45) is 4.87. The lowest BCUT2D eigenvalue weighted by Crippen LogP contribution is -2.13. The lowest BCUT2D eigenvalue weighted by molar-refractivity contribution is 0.0935. The van der Waals surface area contributed by atoms with Gasteiger partial charge in [-0.25, -0.2) is 0 Å². The summed E-state index contributed by atoms with van der Waals surface area (Å²) in [6.45, 7) is 2.21. The molecule has 0 radical (unpaired) electrons. The molecule has 0 saturated carbocycles. The molecule has 0 bridgehead atoms. The van der Waals surface area contributed by atoms with Crippen LogP contribution in [0.15, 0.2) is 24.3 Å². The second kappa shape index (κ2) is 7.29. The maximum Gasteiger partial charge on any atom is 0.119 e. The van der Waals surface area contributed by atoms with Gasteiger partial charge in [0.05, 0.1) is 13.2 Å². The molecule has 16 heavy (non-hydrogen) atoms. The predicted octanol–water partition coefficient (Wildman–Crippen LogP) is 3.44. The molecule has 0 aliphatic rings. The zero-order valence-corrected chi connectivity index (χ0v) is 10.5. The number of hydrogen-bond acceptors (Lipinski definition) is 2. The van der Waals surface area contributed by atoms with E-state index in [-0.39, 0.29) is 0 Å². The van der Waals surface area contributed by atoms with Crippen LogP contribution >= 0.6 is 0 Å². The van der Waals surface area contributed by atoms with Gasteiger partial charge in [0.1, 0.15) is 5.75 Å². The molecule has 0 aliphatic carbocycles. The minimum Gasteiger partial charge on any atom is -0.497 e. The normalized spacial score (nSPS) is 12.4. The fourth-order valence-electron chi connectivity index (χ4n) is 1.80. The molecule has 2 nitrogen and oxygen atoms in total. The first-order chi connectivity index (χ1) is 7.80. The van der Waals surface area contributed by atoms with E-state index in [4.69, 9.17) is 9.47 Å². The van der Waals surface area contributed by atoms with Crippen LogP contribution in [0.1, 0.15) is 31.7 Å². The lowest BCUT2D eigenvalue weighted by atomic mass is 10.0. The van der Waals surface area contributed by atoms with Gasteiger partial charge in [-0.05, 0) is 30.5 Å². The fourth-order valence-corrected chi connectivity index (χ4v) is 1.80. The molecule has 0 fully saturated rings. The molecular formula is C14H22O2. The third kappa shape index (κ3) is 4.23. The highest BCUT2D eigenvalue weighted by molar-refractivity contribution is 5.28. The van der Waals surface area contributed by atoms with E-state index in [1.165, 1.54) is 18.4 Å². The standard InChI is InChI=1S/C14H22O2/c1-4-5-8-13(15-2)10-12-7-6-9-14(11-12)16-3/h6-7,9,11,13H,4-5,8,10H2,1-3H3. The van der Waals surface area contributed by atoms with Gasteiger partial charge in [-0.15, -0.1) is 0 Å². The van der Waals surface area contributed by atoms with Gasteiger partial charge in [-0.1, -0.05) is 31.9 Å². The van der Waals surface area contributed by atoms with Crippen molar-refractivity contribution >= 4 is 0 Å². The molecule has 0 saturated heterocycles. The number of ether oxygens (including phenoxy) is 2. The van der Waals surface area contributed by atoms with Gasteiger partial charge in [0.2, 0.25) is 0 Å². The second-order valence-corrected chi connectivity index (χ2v) is 4.06. The number of rotatable bonds is 7. The summed E-state index contributed by atoms with van der Waals surface area (Å²) in [4.78, 5) is 0. The van der Waals surface area contributed by atoms with Crippen LogP contribution < -0.4 is 4.74 Å². The molecule has 2 heteroatoms. The first kappa shape index (κ1) is 13.0. The predicted molar refractivity (Wildman–Crippen MR) is 67.0 cm³/mol. The Morgan fingerprint density at radius 1 is 1.25 bits per heavy atom. The van der Waals surface area contributed by atoms with Crippen molar-refractivity contribution in [3.05, 3.63) is 29.8 Å². The summed E-state index contributed by atoms with van der Waals surface area (Å²) in [7, 11) is 3.49. The van der Waals surface area contributed by atoms with Crippen LogP contribution in [0.4, 0.5) is 0 Å². The quantitative estimate of drug-likeness (QED) is 0.703. The summed E-state index contributed by atoms with van der Waals surface area (Å²) in [5, 5.41) is 0. The lowest BCUT2D eigenvalue weighted by Gasteiger charge is -2.15. The van der Waals surface area contributed by atoms with Gasteiger partial charge in [0, 0.05) is 7.11 Å². The number of methoxy groups -OCH3 is 2. The van der Waals surface area contributed by atoms with Gasteiger partial charge in [0.15, 0.2) is 0 Å². The van der Waals surface area contributed by atoms with Crippen molar-refractivity contribution in [3.8, 4) is 5.75 Å². The van der Waals surface area contributed by atoms with Crippen LogP contribution in [0.2, 0.25) is 0 Å². The van der Waals surface area contributed by atoms with Gasteiger partial charge in [0.25, 0.3) is 0 Å². The highest BCUT2D eigenvalue weighted by Gasteiger charge is 2.08. The van der Waals surface area contributed by atoms with Crippen molar-refractivity contribution in [1.29, 1.82) is 0 Å². The van der Waals surface area contributed by atoms with E-state index in [1.54, 1.807) is 14.2 Å². The van der Waals surface area contributed by atoms with Gasteiger partial charge in [-0.2, -0.15) is 0 Å². The SMILES string of the molecule is CCCCC(Cc1cccc(OC)c1)OC. The van der Waals surface area contributed by atoms with Crippen LogP contribution in [-0.2, 0) is 11.2 Å². The highest BCUT2D eigenvalue weighted by Crippen LogP contribution is 2.16. The average molecular weight is 222 g/mol. The smallest absolute Gasteiger partial charge is 0.119 e. The summed E-state index contributed by atoms with van der Waals surface area (Å²) in [5.41, 5.74) is 1.28. The third-order valence-electron chi connectivity index (χ3n) is 2.81. The summed E-state index contributed by atoms with van der Waals surface area (Å²) in [5.74, 6) is 0.919. The molecule has 0 heterocycles. The van der Waals surface area contributed by atoms with E-state index in [1.807, 2.05) is 12.1 Å². The maximum absolute atomic E-state index is 5.49.